The average molecular weight is 576 g/mol. The minimum atomic E-state index is 0.341. The summed E-state index contributed by atoms with van der Waals surface area (Å²) in [5.41, 5.74) is 11.5. The Bertz CT molecular complexity index is 1930. The van der Waals surface area contributed by atoms with Gasteiger partial charge in [-0.05, 0) is 79.0 Å². The van der Waals surface area contributed by atoms with Crippen molar-refractivity contribution in [3.63, 3.8) is 0 Å². The molecule has 6 aromatic rings. The van der Waals surface area contributed by atoms with Crippen LogP contribution in [0.2, 0.25) is 0 Å². The number of nitrogens with zero attached hydrogens (tertiary/aromatic N) is 3. The maximum atomic E-state index is 9.63. The molecule has 44 heavy (non-hydrogen) atoms. The second-order valence-electron chi connectivity index (χ2n) is 11.7. The van der Waals surface area contributed by atoms with Crippen molar-refractivity contribution >= 4 is 10.9 Å². The fraction of sp³-hybridized carbons (Fsp3) is 0.175. The van der Waals surface area contributed by atoms with Gasteiger partial charge in [0.15, 0.2) is 0 Å². The van der Waals surface area contributed by atoms with Crippen LogP contribution in [0, 0.1) is 18.3 Å². The molecule has 0 radical (unpaired) electrons. The summed E-state index contributed by atoms with van der Waals surface area (Å²) < 4.78 is 8.90. The van der Waals surface area contributed by atoms with Gasteiger partial charge in [0.05, 0.1) is 11.6 Å². The average Bonchev–Trinajstić information content (AvgIpc) is 3.36. The first-order valence-corrected chi connectivity index (χ1v) is 15.1. The summed E-state index contributed by atoms with van der Waals surface area (Å²) in [6.45, 7) is 4.11. The number of fused-ring (bicyclic) bond motifs is 1. The Hall–Kier alpha value is -5.11. The monoisotopic (exact) mass is 575 g/mol. The number of aromatic nitrogens is 1. The van der Waals surface area contributed by atoms with Crippen LogP contribution >= 0.6 is 0 Å². The lowest BCUT2D eigenvalue weighted by Gasteiger charge is -2.17. The highest BCUT2D eigenvalue weighted by Gasteiger charge is 2.17. The first kappa shape index (κ1) is 29.0. The fourth-order valence-electron chi connectivity index (χ4n) is 6.01. The van der Waals surface area contributed by atoms with Crippen LogP contribution in [0.25, 0.3) is 22.0 Å². The Kier molecular flexibility index (Phi) is 8.59. The van der Waals surface area contributed by atoms with Gasteiger partial charge in [-0.2, -0.15) is 5.26 Å². The minimum Gasteiger partial charge on any atom is -0.489 e. The molecule has 1 aromatic heterocycles. The number of hydrogen-bond acceptors (Lipinski definition) is 3. The third-order valence-electron chi connectivity index (χ3n) is 8.26. The van der Waals surface area contributed by atoms with Gasteiger partial charge in [0.1, 0.15) is 12.4 Å². The van der Waals surface area contributed by atoms with E-state index in [9.17, 15) is 5.26 Å². The Balaban J connectivity index is 1.45. The highest BCUT2D eigenvalue weighted by atomic mass is 16.5. The number of hydrogen-bond donors (Lipinski definition) is 0. The van der Waals surface area contributed by atoms with E-state index in [2.05, 4.69) is 134 Å². The normalized spacial score (nSPS) is 11.2. The van der Waals surface area contributed by atoms with Crippen molar-refractivity contribution in [3.05, 3.63) is 160 Å². The molecule has 0 N–H and O–H groups in total. The molecule has 0 saturated heterocycles. The SMILES string of the molecule is Cc1c(Cc2cn(Cc3ccccc3)c3cc(CN(C)C)c(OCc4ccccc4C#N)cc23)cccc1-c1ccccc1. The fourth-order valence-corrected chi connectivity index (χ4v) is 6.01. The van der Waals surface area contributed by atoms with E-state index in [4.69, 9.17) is 4.74 Å². The van der Waals surface area contributed by atoms with Gasteiger partial charge in [0.2, 0.25) is 0 Å². The molecule has 0 spiro atoms. The largest absolute Gasteiger partial charge is 0.489 e. The zero-order chi connectivity index (χ0) is 30.5. The van der Waals surface area contributed by atoms with Crippen molar-refractivity contribution in [3.8, 4) is 22.9 Å². The van der Waals surface area contributed by atoms with Crippen LogP contribution in [0.15, 0.2) is 121 Å². The molecular formula is C40H37N3O. The molecule has 0 atom stereocenters. The van der Waals surface area contributed by atoms with Crippen LogP contribution in [-0.2, 0) is 26.1 Å². The first-order chi connectivity index (χ1) is 21.5. The van der Waals surface area contributed by atoms with E-state index in [1.807, 2.05) is 24.3 Å². The molecule has 0 bridgehead atoms. The van der Waals surface area contributed by atoms with E-state index < -0.39 is 0 Å². The molecule has 0 amide bonds. The van der Waals surface area contributed by atoms with Crippen LogP contribution < -0.4 is 4.74 Å². The molecule has 4 nitrogen and oxygen atoms in total. The van der Waals surface area contributed by atoms with Crippen molar-refractivity contribution in [1.29, 1.82) is 5.26 Å². The van der Waals surface area contributed by atoms with Crippen molar-refractivity contribution in [1.82, 2.24) is 9.47 Å². The molecule has 0 unspecified atom stereocenters. The highest BCUT2D eigenvalue weighted by molar-refractivity contribution is 5.87. The van der Waals surface area contributed by atoms with Gasteiger partial charge in [-0.1, -0.05) is 97.1 Å². The van der Waals surface area contributed by atoms with Gasteiger partial charge < -0.3 is 14.2 Å². The second-order valence-corrected chi connectivity index (χ2v) is 11.7. The van der Waals surface area contributed by atoms with Gasteiger partial charge in [-0.3, -0.25) is 0 Å². The van der Waals surface area contributed by atoms with Crippen LogP contribution in [0.4, 0.5) is 0 Å². The maximum Gasteiger partial charge on any atom is 0.125 e. The van der Waals surface area contributed by atoms with E-state index in [0.717, 1.165) is 36.4 Å². The summed E-state index contributed by atoms with van der Waals surface area (Å²) in [6.07, 6.45) is 3.13. The highest BCUT2D eigenvalue weighted by Crippen LogP contribution is 2.34. The molecule has 0 aliphatic heterocycles. The smallest absolute Gasteiger partial charge is 0.125 e. The molecule has 0 aliphatic rings. The third kappa shape index (κ3) is 6.29. The van der Waals surface area contributed by atoms with Gasteiger partial charge in [-0.25, -0.2) is 0 Å². The standard InChI is InChI=1S/C40H37N3O/c1-29-32(19-12-20-37(29)31-15-8-5-9-16-31)21-35-27-43(25-30-13-6-4-7-14-30)39-22-36(26-42(2)3)40(23-38(35)39)44-28-34-18-11-10-17-33(34)24-41/h4-20,22-23,27H,21,25-26,28H2,1-3H3. The predicted octanol–water partition coefficient (Wildman–Crippen LogP) is 8.77. The molecule has 0 aliphatic carbocycles. The quantitative estimate of drug-likeness (QED) is 0.164. The van der Waals surface area contributed by atoms with Crippen molar-refractivity contribution < 1.29 is 4.74 Å². The van der Waals surface area contributed by atoms with Gasteiger partial charge in [0.25, 0.3) is 0 Å². The molecule has 4 heteroatoms. The predicted molar refractivity (Wildman–Crippen MR) is 180 cm³/mol. The van der Waals surface area contributed by atoms with Gasteiger partial charge >= 0.3 is 0 Å². The lowest BCUT2D eigenvalue weighted by molar-refractivity contribution is 0.295. The number of benzene rings is 5. The van der Waals surface area contributed by atoms with E-state index >= 15 is 0 Å². The summed E-state index contributed by atoms with van der Waals surface area (Å²) in [5.74, 6) is 0.854. The molecule has 1 heterocycles. The second kappa shape index (κ2) is 13.0. The summed E-state index contributed by atoms with van der Waals surface area (Å²) in [6, 6.07) is 42.3. The number of rotatable bonds is 10. The Morgan fingerprint density at radius 3 is 2.20 bits per heavy atom. The summed E-state index contributed by atoms with van der Waals surface area (Å²) >= 11 is 0. The molecule has 218 valence electrons. The maximum absolute atomic E-state index is 9.63. The molecule has 0 fully saturated rings. The zero-order valence-corrected chi connectivity index (χ0v) is 25.6. The van der Waals surface area contributed by atoms with E-state index in [-0.39, 0.29) is 0 Å². The zero-order valence-electron chi connectivity index (χ0n) is 25.6. The summed E-state index contributed by atoms with van der Waals surface area (Å²) in [5, 5.41) is 10.8. The van der Waals surface area contributed by atoms with Gasteiger partial charge in [-0.15, -0.1) is 0 Å². The Morgan fingerprint density at radius 1 is 0.750 bits per heavy atom. The molecule has 0 saturated carbocycles. The van der Waals surface area contributed by atoms with Crippen LogP contribution in [-0.4, -0.2) is 23.6 Å². The Labute approximate surface area is 260 Å². The lowest BCUT2D eigenvalue weighted by Crippen LogP contribution is -2.12. The van der Waals surface area contributed by atoms with Crippen LogP contribution in [0.3, 0.4) is 0 Å². The first-order valence-electron chi connectivity index (χ1n) is 15.1. The number of ether oxygens (including phenoxy) is 1. The van der Waals surface area contributed by atoms with Crippen molar-refractivity contribution in [2.45, 2.75) is 33.0 Å². The summed E-state index contributed by atoms with van der Waals surface area (Å²) in [4.78, 5) is 2.17. The lowest BCUT2D eigenvalue weighted by atomic mass is 9.93. The molecule has 5 aromatic carbocycles. The topological polar surface area (TPSA) is 41.2 Å². The summed E-state index contributed by atoms with van der Waals surface area (Å²) in [7, 11) is 4.16. The van der Waals surface area contributed by atoms with Crippen LogP contribution in [0.5, 0.6) is 5.75 Å². The molecule has 6 rings (SSSR count). The van der Waals surface area contributed by atoms with E-state index in [1.165, 1.54) is 44.3 Å². The molecular weight excluding hydrogens is 538 g/mol. The van der Waals surface area contributed by atoms with E-state index in [1.54, 1.807) is 0 Å². The Morgan fingerprint density at radius 2 is 1.45 bits per heavy atom. The van der Waals surface area contributed by atoms with Crippen molar-refractivity contribution in [2.24, 2.45) is 0 Å². The minimum absolute atomic E-state index is 0.341. The van der Waals surface area contributed by atoms with Crippen molar-refractivity contribution in [2.75, 3.05) is 14.1 Å². The van der Waals surface area contributed by atoms with Crippen LogP contribution in [0.1, 0.15) is 38.9 Å². The van der Waals surface area contributed by atoms with Gasteiger partial charge in [0, 0.05) is 41.3 Å². The van der Waals surface area contributed by atoms with E-state index in [0.29, 0.717) is 12.2 Å². The number of nitriles is 1. The third-order valence-corrected chi connectivity index (χ3v) is 8.26.